The number of aromatic nitrogens is 3. The number of rotatable bonds is 6. The lowest BCUT2D eigenvalue weighted by atomic mass is 10.1. The number of nitrogens with one attached hydrogen (secondary N) is 3. The molecule has 2 aromatic heterocycles. The zero-order valence-corrected chi connectivity index (χ0v) is 16.8. The van der Waals surface area contributed by atoms with Gasteiger partial charge in [0, 0.05) is 11.3 Å². The summed E-state index contributed by atoms with van der Waals surface area (Å²) in [5.74, 6) is 0.571. The molecule has 156 valence electrons. The summed E-state index contributed by atoms with van der Waals surface area (Å²) in [7, 11) is 1.57. The second kappa shape index (κ2) is 8.54. The summed E-state index contributed by atoms with van der Waals surface area (Å²) in [4.78, 5) is 29.3. The largest absolute Gasteiger partial charge is 0.496 e. The number of hydrogen-bond donors (Lipinski definition) is 3. The SMILES string of the molecule is COc1ccccc1-c1nc(NC(=O)c2ccc(C)c(NC(=O)c3ccco3)c2)n[nH]1. The highest BCUT2D eigenvalue weighted by molar-refractivity contribution is 6.06. The van der Waals surface area contributed by atoms with E-state index in [9.17, 15) is 9.59 Å². The van der Waals surface area contributed by atoms with Crippen LogP contribution in [0.25, 0.3) is 11.4 Å². The molecule has 0 spiro atoms. The Kier molecular flexibility index (Phi) is 5.48. The molecule has 9 nitrogen and oxygen atoms in total. The molecule has 0 aliphatic carbocycles. The van der Waals surface area contributed by atoms with E-state index in [2.05, 4.69) is 25.8 Å². The van der Waals surface area contributed by atoms with Gasteiger partial charge in [0.25, 0.3) is 11.8 Å². The molecule has 2 aromatic carbocycles. The molecule has 3 N–H and O–H groups in total. The molecule has 4 aromatic rings. The fraction of sp³-hybridized carbons (Fsp3) is 0.0909. The van der Waals surface area contributed by atoms with E-state index in [0.29, 0.717) is 22.8 Å². The van der Waals surface area contributed by atoms with Crippen LogP contribution in [0.15, 0.2) is 65.3 Å². The van der Waals surface area contributed by atoms with Crippen LogP contribution in [-0.2, 0) is 0 Å². The summed E-state index contributed by atoms with van der Waals surface area (Å²) >= 11 is 0. The number of nitrogens with zero attached hydrogens (tertiary/aromatic N) is 2. The Labute approximate surface area is 177 Å². The Hall–Kier alpha value is -4.40. The smallest absolute Gasteiger partial charge is 0.291 e. The minimum absolute atomic E-state index is 0.118. The molecule has 9 heteroatoms. The Morgan fingerprint density at radius 3 is 2.65 bits per heavy atom. The van der Waals surface area contributed by atoms with Gasteiger partial charge in [-0.15, -0.1) is 5.10 Å². The van der Waals surface area contributed by atoms with Gasteiger partial charge < -0.3 is 14.5 Å². The first-order valence-electron chi connectivity index (χ1n) is 9.38. The number of methoxy groups -OCH3 is 1. The Morgan fingerprint density at radius 2 is 1.87 bits per heavy atom. The highest BCUT2D eigenvalue weighted by atomic mass is 16.5. The lowest BCUT2D eigenvalue weighted by molar-refractivity contribution is 0.0993. The first-order chi connectivity index (χ1) is 15.0. The first-order valence-corrected chi connectivity index (χ1v) is 9.38. The predicted molar refractivity (Wildman–Crippen MR) is 114 cm³/mol. The van der Waals surface area contributed by atoms with Crippen molar-refractivity contribution in [2.24, 2.45) is 0 Å². The fourth-order valence-corrected chi connectivity index (χ4v) is 2.94. The number of para-hydroxylation sites is 1. The van der Waals surface area contributed by atoms with E-state index >= 15 is 0 Å². The van der Waals surface area contributed by atoms with Crippen molar-refractivity contribution in [3.63, 3.8) is 0 Å². The molecule has 0 bridgehead atoms. The number of amides is 2. The van der Waals surface area contributed by atoms with Gasteiger partial charge in [-0.2, -0.15) is 4.98 Å². The van der Waals surface area contributed by atoms with Crippen molar-refractivity contribution in [3.8, 4) is 17.1 Å². The van der Waals surface area contributed by atoms with Crippen molar-refractivity contribution in [1.29, 1.82) is 0 Å². The summed E-state index contributed by atoms with van der Waals surface area (Å²) in [6, 6.07) is 15.5. The average Bonchev–Trinajstić information content (AvgIpc) is 3.47. The molecule has 2 amide bonds. The quantitative estimate of drug-likeness (QED) is 0.438. The molecule has 0 saturated heterocycles. The zero-order chi connectivity index (χ0) is 21.8. The number of H-pyrrole nitrogens is 1. The van der Waals surface area contributed by atoms with Gasteiger partial charge in [-0.05, 0) is 48.9 Å². The number of carbonyl (C=O) groups is 2. The number of anilines is 2. The molecular formula is C22H19N5O4. The van der Waals surface area contributed by atoms with Crippen molar-refractivity contribution in [3.05, 3.63) is 77.7 Å². The molecule has 0 aliphatic heterocycles. The van der Waals surface area contributed by atoms with Gasteiger partial charge in [-0.25, -0.2) is 0 Å². The van der Waals surface area contributed by atoms with Crippen LogP contribution in [0, 0.1) is 6.92 Å². The van der Waals surface area contributed by atoms with Crippen molar-refractivity contribution in [1.82, 2.24) is 15.2 Å². The van der Waals surface area contributed by atoms with Gasteiger partial charge in [0.05, 0.1) is 18.9 Å². The van der Waals surface area contributed by atoms with Crippen molar-refractivity contribution in [2.45, 2.75) is 6.92 Å². The Balaban J connectivity index is 1.50. The molecule has 0 atom stereocenters. The van der Waals surface area contributed by atoms with E-state index in [1.807, 2.05) is 25.1 Å². The van der Waals surface area contributed by atoms with Crippen LogP contribution in [0.1, 0.15) is 26.5 Å². The zero-order valence-electron chi connectivity index (χ0n) is 16.8. The third-order valence-corrected chi connectivity index (χ3v) is 4.57. The molecule has 0 radical (unpaired) electrons. The highest BCUT2D eigenvalue weighted by Crippen LogP contribution is 2.27. The molecule has 0 unspecified atom stereocenters. The molecular weight excluding hydrogens is 398 g/mol. The fourth-order valence-electron chi connectivity index (χ4n) is 2.94. The lowest BCUT2D eigenvalue weighted by Crippen LogP contribution is -2.15. The van der Waals surface area contributed by atoms with Crippen LogP contribution in [0.4, 0.5) is 11.6 Å². The van der Waals surface area contributed by atoms with Crippen LogP contribution < -0.4 is 15.4 Å². The van der Waals surface area contributed by atoms with Crippen molar-refractivity contribution in [2.75, 3.05) is 17.7 Å². The minimum Gasteiger partial charge on any atom is -0.496 e. The van der Waals surface area contributed by atoms with Gasteiger partial charge in [0.2, 0.25) is 5.95 Å². The van der Waals surface area contributed by atoms with E-state index < -0.39 is 11.8 Å². The number of benzene rings is 2. The second-order valence-electron chi connectivity index (χ2n) is 6.62. The van der Waals surface area contributed by atoms with Crippen molar-refractivity contribution < 1.29 is 18.7 Å². The molecule has 0 fully saturated rings. The molecule has 2 heterocycles. The summed E-state index contributed by atoms with van der Waals surface area (Å²) in [5, 5.41) is 12.2. The van der Waals surface area contributed by atoms with Gasteiger partial charge >= 0.3 is 0 Å². The van der Waals surface area contributed by atoms with Crippen molar-refractivity contribution >= 4 is 23.5 Å². The van der Waals surface area contributed by atoms with Gasteiger partial charge in [-0.3, -0.25) is 20.0 Å². The van der Waals surface area contributed by atoms with Gasteiger partial charge in [-0.1, -0.05) is 18.2 Å². The number of ether oxygens (including phenoxy) is 1. The van der Waals surface area contributed by atoms with Gasteiger partial charge in [0.1, 0.15) is 5.75 Å². The van der Waals surface area contributed by atoms with Crippen LogP contribution >= 0.6 is 0 Å². The maximum atomic E-state index is 12.7. The predicted octanol–water partition coefficient (Wildman–Crippen LogP) is 3.89. The van der Waals surface area contributed by atoms with E-state index in [1.165, 1.54) is 6.26 Å². The maximum absolute atomic E-state index is 12.7. The first kappa shape index (κ1) is 19.9. The van der Waals surface area contributed by atoms with E-state index in [4.69, 9.17) is 9.15 Å². The topological polar surface area (TPSA) is 122 Å². The third-order valence-electron chi connectivity index (χ3n) is 4.57. The number of hydrogen-bond acceptors (Lipinski definition) is 6. The monoisotopic (exact) mass is 417 g/mol. The molecule has 0 saturated carbocycles. The van der Waals surface area contributed by atoms with Crippen LogP contribution in [0.3, 0.4) is 0 Å². The van der Waals surface area contributed by atoms with E-state index in [1.54, 1.807) is 43.5 Å². The normalized spacial score (nSPS) is 10.5. The average molecular weight is 417 g/mol. The Morgan fingerprint density at radius 1 is 1.03 bits per heavy atom. The number of furan rings is 1. The second-order valence-corrected chi connectivity index (χ2v) is 6.62. The number of aryl methyl sites for hydroxylation is 1. The van der Waals surface area contributed by atoms with Gasteiger partial charge in [0.15, 0.2) is 11.6 Å². The van der Waals surface area contributed by atoms with Crippen LogP contribution in [0.2, 0.25) is 0 Å². The molecule has 0 aliphatic rings. The maximum Gasteiger partial charge on any atom is 0.291 e. The highest BCUT2D eigenvalue weighted by Gasteiger charge is 2.16. The summed E-state index contributed by atoms with van der Waals surface area (Å²) in [6.45, 7) is 1.83. The summed E-state index contributed by atoms with van der Waals surface area (Å²) < 4.78 is 10.4. The minimum atomic E-state index is -0.418. The van der Waals surface area contributed by atoms with Crippen LogP contribution in [0.5, 0.6) is 5.75 Å². The van der Waals surface area contributed by atoms with Crippen LogP contribution in [-0.4, -0.2) is 34.1 Å². The summed E-state index contributed by atoms with van der Waals surface area (Å²) in [6.07, 6.45) is 1.42. The standard InChI is InChI=1S/C22H19N5O4/c1-13-9-10-14(12-16(13)23-21(29)18-8-5-11-31-18)20(28)25-22-24-19(26-27-22)15-6-3-4-7-17(15)30-2/h3-12H,1-2H3,(H,23,29)(H2,24,25,26,27,28). The summed E-state index contributed by atoms with van der Waals surface area (Å²) in [5.41, 5.74) is 2.35. The third kappa shape index (κ3) is 4.30. The lowest BCUT2D eigenvalue weighted by Gasteiger charge is -2.09. The van der Waals surface area contributed by atoms with E-state index in [0.717, 1.165) is 11.1 Å². The molecule has 31 heavy (non-hydrogen) atoms. The van der Waals surface area contributed by atoms with E-state index in [-0.39, 0.29) is 11.7 Å². The number of aromatic amines is 1. The number of carbonyl (C=O) groups excluding carboxylic acids is 2. The molecule has 4 rings (SSSR count). The Bertz CT molecular complexity index is 1230.